The first-order valence-electron chi connectivity index (χ1n) is 5.78. The van der Waals surface area contributed by atoms with E-state index in [-0.39, 0.29) is 27.2 Å². The predicted molar refractivity (Wildman–Crippen MR) is 76.4 cm³/mol. The Morgan fingerprint density at radius 3 is 2.52 bits per heavy atom. The van der Waals surface area contributed by atoms with Crippen LogP contribution in [-0.2, 0) is 7.05 Å². The predicted octanol–water partition coefficient (Wildman–Crippen LogP) is 2.70. The molecule has 8 heteroatoms. The van der Waals surface area contributed by atoms with Crippen LogP contribution in [-0.4, -0.2) is 35.1 Å². The Kier molecular flexibility index (Phi) is 4.17. The molecule has 0 aliphatic rings. The molecule has 0 aliphatic carbocycles. The minimum atomic E-state index is -1.20. The normalized spacial score (nSPS) is 10.5. The summed E-state index contributed by atoms with van der Waals surface area (Å²) < 4.78 is 26.3. The molecule has 0 atom stereocenters. The maximum atomic E-state index is 14.5. The first-order valence-corrected chi connectivity index (χ1v) is 6.57. The molecule has 2 aromatic rings. The number of rotatable bonds is 4. The summed E-state index contributed by atoms with van der Waals surface area (Å²) >= 11 is 3.10. The number of methoxy groups -OCH3 is 2. The monoisotopic (exact) mass is 358 g/mol. The third kappa shape index (κ3) is 2.58. The second-order valence-electron chi connectivity index (χ2n) is 4.13. The molecule has 0 radical (unpaired) electrons. The van der Waals surface area contributed by atoms with Crippen LogP contribution in [0.5, 0.6) is 11.5 Å². The lowest BCUT2D eigenvalue weighted by atomic mass is 10.1. The van der Waals surface area contributed by atoms with Crippen LogP contribution in [0.15, 0.2) is 16.6 Å². The molecule has 0 saturated carbocycles. The van der Waals surface area contributed by atoms with E-state index >= 15 is 0 Å². The SMILES string of the molecule is COc1cc(Br)c(F)c(-c2cc(C(=O)O)nn2C)c1OC. The van der Waals surface area contributed by atoms with Gasteiger partial charge in [-0.2, -0.15) is 5.10 Å². The van der Waals surface area contributed by atoms with Gasteiger partial charge < -0.3 is 14.6 Å². The number of carboxylic acids is 1. The van der Waals surface area contributed by atoms with Crippen LogP contribution in [0.25, 0.3) is 11.3 Å². The number of ether oxygens (including phenoxy) is 2. The van der Waals surface area contributed by atoms with E-state index in [0.717, 1.165) is 0 Å². The highest BCUT2D eigenvalue weighted by atomic mass is 79.9. The van der Waals surface area contributed by atoms with Crippen molar-refractivity contribution in [2.24, 2.45) is 7.05 Å². The molecule has 0 aliphatic heterocycles. The van der Waals surface area contributed by atoms with E-state index in [9.17, 15) is 9.18 Å². The van der Waals surface area contributed by atoms with Gasteiger partial charge in [0.25, 0.3) is 0 Å². The third-order valence-electron chi connectivity index (χ3n) is 2.92. The summed E-state index contributed by atoms with van der Waals surface area (Å²) in [5.41, 5.74) is 0.153. The molecule has 0 amide bonds. The molecular weight excluding hydrogens is 347 g/mol. The maximum absolute atomic E-state index is 14.5. The lowest BCUT2D eigenvalue weighted by molar-refractivity contribution is 0.0689. The highest BCUT2D eigenvalue weighted by Crippen LogP contribution is 2.43. The second-order valence-corrected chi connectivity index (χ2v) is 4.98. The van der Waals surface area contributed by atoms with Gasteiger partial charge in [0.15, 0.2) is 23.0 Å². The van der Waals surface area contributed by atoms with Crippen molar-refractivity contribution in [3.63, 3.8) is 0 Å². The zero-order valence-electron chi connectivity index (χ0n) is 11.5. The van der Waals surface area contributed by atoms with E-state index in [1.807, 2.05) is 0 Å². The Balaban J connectivity index is 2.79. The van der Waals surface area contributed by atoms with E-state index < -0.39 is 11.8 Å². The van der Waals surface area contributed by atoms with Gasteiger partial charge in [-0.15, -0.1) is 0 Å². The lowest BCUT2D eigenvalue weighted by Gasteiger charge is -2.14. The largest absolute Gasteiger partial charge is 0.493 e. The molecule has 21 heavy (non-hydrogen) atoms. The van der Waals surface area contributed by atoms with Gasteiger partial charge in [-0.1, -0.05) is 0 Å². The Morgan fingerprint density at radius 1 is 1.38 bits per heavy atom. The summed E-state index contributed by atoms with van der Waals surface area (Å²) in [5, 5.41) is 12.8. The highest BCUT2D eigenvalue weighted by Gasteiger charge is 2.24. The van der Waals surface area contributed by atoms with Crippen LogP contribution < -0.4 is 9.47 Å². The summed E-state index contributed by atoms with van der Waals surface area (Å²) in [4.78, 5) is 11.0. The molecule has 1 heterocycles. The van der Waals surface area contributed by atoms with Crippen molar-refractivity contribution in [3.05, 3.63) is 28.1 Å². The van der Waals surface area contributed by atoms with Gasteiger partial charge in [-0.05, 0) is 22.0 Å². The fourth-order valence-electron chi connectivity index (χ4n) is 1.98. The Morgan fingerprint density at radius 2 is 2.05 bits per heavy atom. The molecule has 112 valence electrons. The Labute approximate surface area is 128 Å². The number of halogens is 2. The van der Waals surface area contributed by atoms with Gasteiger partial charge in [0.2, 0.25) is 0 Å². The molecule has 0 spiro atoms. The van der Waals surface area contributed by atoms with E-state index in [1.54, 1.807) is 0 Å². The fraction of sp³-hybridized carbons (Fsp3) is 0.231. The van der Waals surface area contributed by atoms with Gasteiger partial charge in [0.1, 0.15) is 0 Å². The standard InChI is InChI=1S/C13H12BrFN2O4/c1-17-8(5-7(16-17)13(18)19)10-11(15)6(14)4-9(20-2)12(10)21-3/h4-5H,1-3H3,(H,18,19). The lowest BCUT2D eigenvalue weighted by Crippen LogP contribution is -2.02. The molecule has 6 nitrogen and oxygen atoms in total. The maximum Gasteiger partial charge on any atom is 0.356 e. The van der Waals surface area contributed by atoms with Gasteiger partial charge >= 0.3 is 5.97 Å². The third-order valence-corrected chi connectivity index (χ3v) is 3.49. The Hall–Kier alpha value is -2.09. The highest BCUT2D eigenvalue weighted by molar-refractivity contribution is 9.10. The van der Waals surface area contributed by atoms with Crippen molar-refractivity contribution < 1.29 is 23.8 Å². The zero-order valence-corrected chi connectivity index (χ0v) is 13.1. The summed E-state index contributed by atoms with van der Waals surface area (Å²) in [6.45, 7) is 0. The van der Waals surface area contributed by atoms with Crippen molar-refractivity contribution in [2.75, 3.05) is 14.2 Å². The molecule has 1 aromatic carbocycles. The average molecular weight is 359 g/mol. The minimum absolute atomic E-state index is 0.0752. The number of hydrogen-bond acceptors (Lipinski definition) is 4. The number of carboxylic acid groups (broad SMARTS) is 1. The minimum Gasteiger partial charge on any atom is -0.493 e. The zero-order chi connectivity index (χ0) is 15.7. The quantitative estimate of drug-likeness (QED) is 0.909. The van der Waals surface area contributed by atoms with Gasteiger partial charge in [-0.25, -0.2) is 9.18 Å². The molecule has 1 aromatic heterocycles. The Bertz CT molecular complexity index is 715. The first-order chi connectivity index (χ1) is 9.90. The number of aromatic nitrogens is 2. The van der Waals surface area contributed by atoms with Crippen molar-refractivity contribution in [1.82, 2.24) is 9.78 Å². The molecule has 1 N–H and O–H groups in total. The van der Waals surface area contributed by atoms with Crippen LogP contribution in [0.2, 0.25) is 0 Å². The van der Waals surface area contributed by atoms with E-state index in [1.165, 1.54) is 38.1 Å². The average Bonchev–Trinajstić information content (AvgIpc) is 2.83. The van der Waals surface area contributed by atoms with E-state index in [0.29, 0.717) is 5.75 Å². The summed E-state index contributed by atoms with van der Waals surface area (Å²) in [5.74, 6) is -1.30. The second kappa shape index (κ2) is 5.72. The topological polar surface area (TPSA) is 73.6 Å². The smallest absolute Gasteiger partial charge is 0.356 e. The first kappa shape index (κ1) is 15.3. The number of benzene rings is 1. The van der Waals surface area contributed by atoms with Crippen molar-refractivity contribution in [3.8, 4) is 22.8 Å². The van der Waals surface area contributed by atoms with Crippen LogP contribution >= 0.6 is 15.9 Å². The number of aromatic carboxylic acids is 1. The molecule has 0 saturated heterocycles. The number of carbonyl (C=O) groups is 1. The van der Waals surface area contributed by atoms with Crippen molar-refractivity contribution in [2.45, 2.75) is 0 Å². The number of hydrogen-bond donors (Lipinski definition) is 1. The van der Waals surface area contributed by atoms with Crippen molar-refractivity contribution in [1.29, 1.82) is 0 Å². The summed E-state index contributed by atoms with van der Waals surface area (Å²) in [6, 6.07) is 2.71. The van der Waals surface area contributed by atoms with Crippen molar-refractivity contribution >= 4 is 21.9 Å². The van der Waals surface area contributed by atoms with Crippen LogP contribution in [0, 0.1) is 5.82 Å². The fourth-order valence-corrected chi connectivity index (χ4v) is 2.38. The number of aryl methyl sites for hydroxylation is 1. The molecule has 0 bridgehead atoms. The summed E-state index contributed by atoms with van der Waals surface area (Å²) in [6.07, 6.45) is 0. The van der Waals surface area contributed by atoms with Gasteiger partial charge in [-0.3, -0.25) is 4.68 Å². The molecule has 0 fully saturated rings. The number of nitrogens with zero attached hydrogens (tertiary/aromatic N) is 2. The van der Waals surface area contributed by atoms with Crippen LogP contribution in [0.4, 0.5) is 4.39 Å². The van der Waals surface area contributed by atoms with E-state index in [4.69, 9.17) is 14.6 Å². The van der Waals surface area contributed by atoms with Crippen LogP contribution in [0.3, 0.4) is 0 Å². The van der Waals surface area contributed by atoms with Gasteiger partial charge in [0, 0.05) is 13.1 Å². The summed E-state index contributed by atoms with van der Waals surface area (Å²) in [7, 11) is 4.33. The molecular formula is C13H12BrFN2O4. The van der Waals surface area contributed by atoms with Gasteiger partial charge in [0.05, 0.1) is 29.9 Å². The molecule has 0 unspecified atom stereocenters. The molecule has 2 rings (SSSR count). The van der Waals surface area contributed by atoms with E-state index in [2.05, 4.69) is 21.0 Å². The van der Waals surface area contributed by atoms with Crippen LogP contribution in [0.1, 0.15) is 10.5 Å².